The van der Waals surface area contributed by atoms with Crippen LogP contribution in [0.4, 0.5) is 0 Å². The Balaban J connectivity index is 1.69. The Morgan fingerprint density at radius 1 is 1.24 bits per heavy atom. The van der Waals surface area contributed by atoms with Crippen molar-refractivity contribution in [3.8, 4) is 0 Å². The molecule has 3 rings (SSSR count). The summed E-state index contributed by atoms with van der Waals surface area (Å²) < 4.78 is 5.30. The fraction of sp³-hybridized carbons (Fsp3) is 0.235. The maximum atomic E-state index is 12.2. The molecule has 0 fully saturated rings. The lowest BCUT2D eigenvalue weighted by Crippen LogP contribution is -2.29. The van der Waals surface area contributed by atoms with Crippen LogP contribution in [0.3, 0.4) is 0 Å². The van der Waals surface area contributed by atoms with Gasteiger partial charge in [-0.05, 0) is 30.5 Å². The second-order valence-corrected chi connectivity index (χ2v) is 5.55. The standard InChI is InChI=1S/C17H17N5O3/c1-11-9-13(8-7-12-5-3-2-4-6-12)25-17(24)15(11)16(23)18-10-14-19-21-22-20-14/h2-6,9H,7-8,10H2,1H3,(H,18,23)(H,19,20,21,22). The highest BCUT2D eigenvalue weighted by atomic mass is 16.4. The zero-order valence-corrected chi connectivity index (χ0v) is 13.7. The van der Waals surface area contributed by atoms with Gasteiger partial charge in [-0.25, -0.2) is 4.79 Å². The minimum atomic E-state index is -0.645. The molecule has 0 atom stereocenters. The van der Waals surface area contributed by atoms with Gasteiger partial charge in [0.25, 0.3) is 5.91 Å². The molecule has 128 valence electrons. The van der Waals surface area contributed by atoms with E-state index in [0.29, 0.717) is 23.6 Å². The molecule has 0 aliphatic rings. The first-order valence-electron chi connectivity index (χ1n) is 7.81. The molecular weight excluding hydrogens is 322 g/mol. The highest BCUT2D eigenvalue weighted by molar-refractivity contribution is 5.94. The lowest BCUT2D eigenvalue weighted by molar-refractivity contribution is 0.0945. The van der Waals surface area contributed by atoms with Gasteiger partial charge in [0, 0.05) is 6.42 Å². The third kappa shape index (κ3) is 4.17. The molecule has 0 saturated heterocycles. The van der Waals surface area contributed by atoms with Crippen LogP contribution in [0.2, 0.25) is 0 Å². The average Bonchev–Trinajstić information content (AvgIpc) is 3.12. The zero-order valence-electron chi connectivity index (χ0n) is 13.7. The van der Waals surface area contributed by atoms with Crippen molar-refractivity contribution in [1.82, 2.24) is 25.9 Å². The van der Waals surface area contributed by atoms with Crippen molar-refractivity contribution >= 4 is 5.91 Å². The van der Waals surface area contributed by atoms with Crippen molar-refractivity contribution in [2.24, 2.45) is 0 Å². The van der Waals surface area contributed by atoms with Crippen LogP contribution in [0.1, 0.15) is 33.1 Å². The molecule has 0 radical (unpaired) electrons. The molecular formula is C17H17N5O3. The van der Waals surface area contributed by atoms with Crippen LogP contribution < -0.4 is 10.9 Å². The molecule has 0 aliphatic carbocycles. The van der Waals surface area contributed by atoms with Gasteiger partial charge in [0.05, 0.1) is 6.54 Å². The third-order valence-electron chi connectivity index (χ3n) is 3.73. The normalized spacial score (nSPS) is 10.6. The van der Waals surface area contributed by atoms with E-state index in [1.165, 1.54) is 0 Å². The fourth-order valence-electron chi connectivity index (χ4n) is 2.49. The number of aromatic amines is 1. The number of tetrazole rings is 1. The van der Waals surface area contributed by atoms with E-state index in [4.69, 9.17) is 4.42 Å². The Labute approximate surface area is 143 Å². The number of benzene rings is 1. The van der Waals surface area contributed by atoms with Crippen molar-refractivity contribution in [3.63, 3.8) is 0 Å². The summed E-state index contributed by atoms with van der Waals surface area (Å²) in [6.45, 7) is 1.79. The van der Waals surface area contributed by atoms with Crippen molar-refractivity contribution < 1.29 is 9.21 Å². The maximum Gasteiger partial charge on any atom is 0.349 e. The van der Waals surface area contributed by atoms with Gasteiger partial charge in [0.15, 0.2) is 5.82 Å². The highest BCUT2D eigenvalue weighted by Crippen LogP contribution is 2.10. The molecule has 0 spiro atoms. The molecule has 8 heteroatoms. The first-order valence-corrected chi connectivity index (χ1v) is 7.81. The van der Waals surface area contributed by atoms with Crippen molar-refractivity contribution in [3.05, 3.63) is 75.1 Å². The van der Waals surface area contributed by atoms with Crippen molar-refractivity contribution in [2.45, 2.75) is 26.3 Å². The lowest BCUT2D eigenvalue weighted by atomic mass is 10.1. The molecule has 0 saturated carbocycles. The molecule has 0 bridgehead atoms. The van der Waals surface area contributed by atoms with Gasteiger partial charge >= 0.3 is 5.63 Å². The number of carbonyl (C=O) groups is 1. The Morgan fingerprint density at radius 3 is 2.72 bits per heavy atom. The molecule has 8 nitrogen and oxygen atoms in total. The van der Waals surface area contributed by atoms with Crippen LogP contribution in [-0.2, 0) is 19.4 Å². The molecule has 3 aromatic rings. The quantitative estimate of drug-likeness (QED) is 0.697. The van der Waals surface area contributed by atoms with Crippen LogP contribution in [0.15, 0.2) is 45.6 Å². The van der Waals surface area contributed by atoms with Crippen LogP contribution in [0.25, 0.3) is 0 Å². The number of aryl methyl sites for hydroxylation is 3. The number of rotatable bonds is 6. The van der Waals surface area contributed by atoms with Crippen LogP contribution in [0.5, 0.6) is 0 Å². The lowest BCUT2D eigenvalue weighted by Gasteiger charge is -2.07. The zero-order chi connectivity index (χ0) is 17.6. The smallest absolute Gasteiger partial charge is 0.349 e. The monoisotopic (exact) mass is 339 g/mol. The topological polar surface area (TPSA) is 114 Å². The summed E-state index contributed by atoms with van der Waals surface area (Å²) in [4.78, 5) is 24.4. The van der Waals surface area contributed by atoms with E-state index in [-0.39, 0.29) is 12.1 Å². The molecule has 2 aromatic heterocycles. The fourth-order valence-corrected chi connectivity index (χ4v) is 2.49. The van der Waals surface area contributed by atoms with E-state index < -0.39 is 11.5 Å². The van der Waals surface area contributed by atoms with Crippen LogP contribution in [-0.4, -0.2) is 26.5 Å². The molecule has 2 heterocycles. The number of carbonyl (C=O) groups excluding carboxylic acids is 1. The summed E-state index contributed by atoms with van der Waals surface area (Å²) in [6, 6.07) is 11.7. The second-order valence-electron chi connectivity index (χ2n) is 5.55. The number of hydrogen-bond acceptors (Lipinski definition) is 6. The van der Waals surface area contributed by atoms with Gasteiger partial charge in [0.2, 0.25) is 0 Å². The van der Waals surface area contributed by atoms with E-state index in [1.807, 2.05) is 30.3 Å². The van der Waals surface area contributed by atoms with Gasteiger partial charge in [-0.3, -0.25) is 4.79 Å². The second kappa shape index (κ2) is 7.52. The number of H-pyrrole nitrogens is 1. The highest BCUT2D eigenvalue weighted by Gasteiger charge is 2.17. The predicted octanol–water partition coefficient (Wildman–Crippen LogP) is 1.18. The first-order chi connectivity index (χ1) is 12.1. The van der Waals surface area contributed by atoms with Crippen molar-refractivity contribution in [1.29, 1.82) is 0 Å². The molecule has 1 aromatic carbocycles. The minimum Gasteiger partial charge on any atom is -0.427 e. The Kier molecular flexibility index (Phi) is 4.98. The van der Waals surface area contributed by atoms with E-state index in [0.717, 1.165) is 12.0 Å². The number of aromatic nitrogens is 4. The van der Waals surface area contributed by atoms with Gasteiger partial charge in [-0.1, -0.05) is 35.5 Å². The van der Waals surface area contributed by atoms with Gasteiger partial charge in [-0.15, -0.1) is 10.2 Å². The summed E-state index contributed by atoms with van der Waals surface area (Å²) in [7, 11) is 0. The van der Waals surface area contributed by atoms with E-state index in [1.54, 1.807) is 13.0 Å². The molecule has 1 amide bonds. The largest absolute Gasteiger partial charge is 0.427 e. The van der Waals surface area contributed by atoms with Crippen LogP contribution in [0, 0.1) is 6.92 Å². The number of hydrogen-bond donors (Lipinski definition) is 2. The number of nitrogens with one attached hydrogen (secondary N) is 2. The predicted molar refractivity (Wildman–Crippen MR) is 88.9 cm³/mol. The first kappa shape index (κ1) is 16.6. The minimum absolute atomic E-state index is 0.00745. The summed E-state index contributed by atoms with van der Waals surface area (Å²) >= 11 is 0. The third-order valence-corrected chi connectivity index (χ3v) is 3.73. The van der Waals surface area contributed by atoms with Gasteiger partial charge < -0.3 is 9.73 Å². The SMILES string of the molecule is Cc1cc(CCc2ccccc2)oc(=O)c1C(=O)NCc1nn[nH]n1. The van der Waals surface area contributed by atoms with E-state index in [9.17, 15) is 9.59 Å². The molecule has 0 unspecified atom stereocenters. The summed E-state index contributed by atoms with van der Waals surface area (Å²) in [5.74, 6) is 0.363. The van der Waals surface area contributed by atoms with E-state index >= 15 is 0 Å². The summed E-state index contributed by atoms with van der Waals surface area (Å²) in [5.41, 5.74) is 1.08. The Morgan fingerprint density at radius 2 is 2.04 bits per heavy atom. The van der Waals surface area contributed by atoms with Crippen molar-refractivity contribution in [2.75, 3.05) is 0 Å². The van der Waals surface area contributed by atoms with Gasteiger partial charge in [-0.2, -0.15) is 5.21 Å². The number of nitrogens with zero attached hydrogens (tertiary/aromatic N) is 3. The van der Waals surface area contributed by atoms with Crippen LogP contribution >= 0.6 is 0 Å². The summed E-state index contributed by atoms with van der Waals surface area (Å²) in [5, 5.41) is 15.7. The number of amides is 1. The Bertz CT molecular complexity index is 904. The molecule has 2 N–H and O–H groups in total. The summed E-state index contributed by atoms with van der Waals surface area (Å²) in [6.07, 6.45) is 1.34. The van der Waals surface area contributed by atoms with Gasteiger partial charge in [0.1, 0.15) is 11.3 Å². The molecule has 0 aliphatic heterocycles. The molecule has 25 heavy (non-hydrogen) atoms. The average molecular weight is 339 g/mol. The Hall–Kier alpha value is -3.29. The van der Waals surface area contributed by atoms with E-state index in [2.05, 4.69) is 25.9 Å². The maximum absolute atomic E-state index is 12.2.